The van der Waals surface area contributed by atoms with Crippen LogP contribution >= 0.6 is 40.7 Å². The van der Waals surface area contributed by atoms with Crippen molar-refractivity contribution in [3.63, 3.8) is 0 Å². The van der Waals surface area contributed by atoms with Crippen molar-refractivity contribution in [2.45, 2.75) is 25.4 Å². The van der Waals surface area contributed by atoms with Gasteiger partial charge in [0.15, 0.2) is 0 Å². The summed E-state index contributed by atoms with van der Waals surface area (Å²) in [4.78, 5) is 9.00. The van der Waals surface area contributed by atoms with E-state index >= 15 is 0 Å². The number of ether oxygens (including phenoxy) is 1. The van der Waals surface area contributed by atoms with Gasteiger partial charge < -0.3 is 10.1 Å². The van der Waals surface area contributed by atoms with Gasteiger partial charge in [-0.15, -0.1) is 24.8 Å². The molecule has 1 unspecified atom stereocenters. The van der Waals surface area contributed by atoms with Gasteiger partial charge in [-0.25, -0.2) is 4.98 Å². The van der Waals surface area contributed by atoms with Crippen molar-refractivity contribution in [2.75, 3.05) is 13.1 Å². The molecule has 6 nitrogen and oxygen atoms in total. The molecule has 0 radical (unpaired) electrons. The molecule has 1 aliphatic heterocycles. The molecule has 2 aromatic heterocycles. The molecular formula is C18H20BrCl2N5O. The molecule has 2 aliphatic rings. The molecule has 1 saturated heterocycles. The second-order valence-electron chi connectivity index (χ2n) is 6.93. The van der Waals surface area contributed by atoms with Gasteiger partial charge in [0.05, 0.1) is 17.9 Å². The summed E-state index contributed by atoms with van der Waals surface area (Å²) in [6.45, 7) is 1.96. The average Bonchev–Trinajstić information content (AvgIpc) is 3.27. The lowest BCUT2D eigenvalue weighted by Gasteiger charge is -2.32. The first kappa shape index (κ1) is 20.3. The molecule has 3 aromatic rings. The molecule has 144 valence electrons. The van der Waals surface area contributed by atoms with E-state index in [9.17, 15) is 0 Å². The largest absolute Gasteiger partial charge is 0.471 e. The molecule has 2 fully saturated rings. The predicted molar refractivity (Wildman–Crippen MR) is 113 cm³/mol. The fourth-order valence-electron chi connectivity index (χ4n) is 3.69. The van der Waals surface area contributed by atoms with Crippen molar-refractivity contribution in [1.82, 2.24) is 25.5 Å². The van der Waals surface area contributed by atoms with E-state index in [2.05, 4.69) is 41.4 Å². The molecule has 1 aliphatic carbocycles. The number of aromatic amines is 1. The number of nitrogens with one attached hydrogen (secondary N) is 2. The number of nitrogens with zero attached hydrogens (tertiary/aromatic N) is 3. The molecule has 2 N–H and O–H groups in total. The zero-order valence-corrected chi connectivity index (χ0v) is 17.7. The summed E-state index contributed by atoms with van der Waals surface area (Å²) in [5.74, 6) is 0.573. The van der Waals surface area contributed by atoms with Crippen molar-refractivity contribution < 1.29 is 4.74 Å². The highest BCUT2D eigenvalue weighted by Gasteiger charge is 2.52. The minimum absolute atomic E-state index is 0. The van der Waals surface area contributed by atoms with E-state index < -0.39 is 0 Å². The summed E-state index contributed by atoms with van der Waals surface area (Å²) in [5, 5.41) is 11.9. The summed E-state index contributed by atoms with van der Waals surface area (Å²) >= 11 is 3.51. The lowest BCUT2D eigenvalue weighted by Crippen LogP contribution is -2.45. The molecule has 0 bridgehead atoms. The molecule has 1 aromatic carbocycles. The van der Waals surface area contributed by atoms with E-state index in [-0.39, 0.29) is 30.9 Å². The first-order chi connectivity index (χ1) is 12.2. The van der Waals surface area contributed by atoms with Gasteiger partial charge in [0.2, 0.25) is 5.88 Å². The third kappa shape index (κ3) is 3.78. The lowest BCUT2D eigenvalue weighted by molar-refractivity contribution is 0.0844. The fourth-order valence-corrected chi connectivity index (χ4v) is 4.05. The van der Waals surface area contributed by atoms with E-state index in [0.29, 0.717) is 11.3 Å². The van der Waals surface area contributed by atoms with Gasteiger partial charge in [-0.05, 0) is 44.0 Å². The Hall–Kier alpha value is -1.41. The van der Waals surface area contributed by atoms with Gasteiger partial charge >= 0.3 is 0 Å². The van der Waals surface area contributed by atoms with Crippen LogP contribution < -0.4 is 10.1 Å². The quantitative estimate of drug-likeness (QED) is 0.598. The van der Waals surface area contributed by atoms with Crippen molar-refractivity contribution in [2.24, 2.45) is 5.41 Å². The van der Waals surface area contributed by atoms with Crippen LogP contribution in [-0.4, -0.2) is 39.4 Å². The Morgan fingerprint density at radius 1 is 1.15 bits per heavy atom. The van der Waals surface area contributed by atoms with Crippen molar-refractivity contribution in [1.29, 1.82) is 0 Å². The number of H-pyrrole nitrogens is 1. The first-order valence-corrected chi connectivity index (χ1v) is 9.36. The number of hydrogen-bond donors (Lipinski definition) is 2. The van der Waals surface area contributed by atoms with Crippen LogP contribution in [0.3, 0.4) is 0 Å². The molecule has 1 spiro atoms. The summed E-state index contributed by atoms with van der Waals surface area (Å²) in [5.41, 5.74) is 2.83. The third-order valence-electron chi connectivity index (χ3n) is 5.35. The minimum atomic E-state index is 0. The number of rotatable bonds is 3. The molecule has 9 heteroatoms. The number of fused-ring (bicyclic) bond motifs is 1. The molecule has 5 rings (SSSR count). The van der Waals surface area contributed by atoms with E-state index in [4.69, 9.17) is 4.74 Å². The number of halogens is 3. The third-order valence-corrected chi connectivity index (χ3v) is 5.84. The van der Waals surface area contributed by atoms with Crippen LogP contribution in [0.1, 0.15) is 19.3 Å². The van der Waals surface area contributed by atoms with Crippen LogP contribution in [0.25, 0.3) is 22.3 Å². The maximum atomic E-state index is 6.22. The van der Waals surface area contributed by atoms with Crippen LogP contribution in [0.2, 0.25) is 0 Å². The van der Waals surface area contributed by atoms with Crippen molar-refractivity contribution in [3.8, 4) is 17.3 Å². The highest BCUT2D eigenvalue weighted by atomic mass is 79.9. The second-order valence-corrected chi connectivity index (χ2v) is 7.84. The van der Waals surface area contributed by atoms with Crippen molar-refractivity contribution in [3.05, 3.63) is 35.1 Å². The van der Waals surface area contributed by atoms with Gasteiger partial charge in [-0.3, -0.25) is 10.1 Å². The van der Waals surface area contributed by atoms with E-state index in [1.54, 1.807) is 12.4 Å². The molecule has 1 saturated carbocycles. The number of aromatic nitrogens is 4. The minimum Gasteiger partial charge on any atom is -0.471 e. The van der Waals surface area contributed by atoms with Gasteiger partial charge in [0, 0.05) is 21.8 Å². The smallest absolute Gasteiger partial charge is 0.233 e. The van der Waals surface area contributed by atoms with Gasteiger partial charge in [0.25, 0.3) is 0 Å². The summed E-state index contributed by atoms with van der Waals surface area (Å²) in [6, 6.07) is 6.02. The van der Waals surface area contributed by atoms with Gasteiger partial charge in [-0.2, -0.15) is 5.10 Å². The Morgan fingerprint density at radius 2 is 2.00 bits per heavy atom. The topological polar surface area (TPSA) is 75.7 Å². The standard InChI is InChI=1S/C18H18BrN5O.2ClH/c19-11-1-2-13-12(7-11)17(24-23-13)14-8-21-10-16(22-14)25-15-9-20-6-5-18(15)3-4-18;;/h1-2,7-8,10,15,20H,3-6,9H2,(H,23,24);2*1H. The molecular weight excluding hydrogens is 453 g/mol. The summed E-state index contributed by atoms with van der Waals surface area (Å²) in [7, 11) is 0. The Morgan fingerprint density at radius 3 is 2.81 bits per heavy atom. The molecule has 1 atom stereocenters. The van der Waals surface area contributed by atoms with Gasteiger partial charge in [0.1, 0.15) is 17.5 Å². The molecule has 3 heterocycles. The Labute approximate surface area is 177 Å². The van der Waals surface area contributed by atoms with Crippen LogP contribution in [0.5, 0.6) is 5.88 Å². The first-order valence-electron chi connectivity index (χ1n) is 8.57. The number of benzene rings is 1. The monoisotopic (exact) mass is 471 g/mol. The normalized spacial score (nSPS) is 20.0. The van der Waals surface area contributed by atoms with E-state index in [1.807, 2.05) is 18.2 Å². The maximum absolute atomic E-state index is 6.22. The Balaban J connectivity index is 0.00000105. The lowest BCUT2D eigenvalue weighted by atomic mass is 9.92. The summed E-state index contributed by atoms with van der Waals surface area (Å²) in [6.07, 6.45) is 7.29. The van der Waals surface area contributed by atoms with Gasteiger partial charge in [-0.1, -0.05) is 15.9 Å². The highest BCUT2D eigenvalue weighted by molar-refractivity contribution is 9.10. The van der Waals surface area contributed by atoms with Crippen molar-refractivity contribution >= 4 is 51.6 Å². The van der Waals surface area contributed by atoms with Crippen LogP contribution in [0.15, 0.2) is 35.1 Å². The zero-order valence-electron chi connectivity index (χ0n) is 14.4. The second kappa shape index (κ2) is 7.91. The van der Waals surface area contributed by atoms with Crippen LogP contribution in [-0.2, 0) is 0 Å². The summed E-state index contributed by atoms with van der Waals surface area (Å²) < 4.78 is 7.23. The van der Waals surface area contributed by atoms with E-state index in [1.165, 1.54) is 19.3 Å². The molecule has 27 heavy (non-hydrogen) atoms. The fraction of sp³-hybridized carbons (Fsp3) is 0.389. The maximum Gasteiger partial charge on any atom is 0.233 e. The SMILES string of the molecule is Brc1ccc2[nH]nc(-c3cncc(OC4CNCCC45CC5)n3)c2c1.Cl.Cl. The zero-order chi connectivity index (χ0) is 16.9. The van der Waals surface area contributed by atoms with E-state index in [0.717, 1.165) is 39.9 Å². The highest BCUT2D eigenvalue weighted by Crippen LogP contribution is 2.53. The average molecular weight is 473 g/mol. The molecule has 0 amide bonds. The Kier molecular flexibility index (Phi) is 5.96. The number of piperidine rings is 1. The van der Waals surface area contributed by atoms with Crippen LogP contribution in [0.4, 0.5) is 0 Å². The predicted octanol–water partition coefficient (Wildman–Crippen LogP) is 4.15. The number of hydrogen-bond acceptors (Lipinski definition) is 5. The Bertz CT molecular complexity index is 946. The van der Waals surface area contributed by atoms with Crippen LogP contribution in [0, 0.1) is 5.41 Å².